The summed E-state index contributed by atoms with van der Waals surface area (Å²) in [5.74, 6) is 0.442. The van der Waals surface area contributed by atoms with Gasteiger partial charge in [0.2, 0.25) is 5.91 Å². The molecule has 2 rings (SSSR count). The molecule has 0 aromatic carbocycles. The quantitative estimate of drug-likeness (QED) is 0.749. The molecule has 1 saturated heterocycles. The first-order valence-electron chi connectivity index (χ1n) is 6.82. The molecule has 2 N–H and O–H groups in total. The van der Waals surface area contributed by atoms with Gasteiger partial charge in [-0.05, 0) is 58.7 Å². The van der Waals surface area contributed by atoms with E-state index in [0.717, 1.165) is 51.6 Å². The van der Waals surface area contributed by atoms with E-state index in [9.17, 15) is 9.90 Å². The third-order valence-corrected chi connectivity index (χ3v) is 4.13. The molecule has 0 spiro atoms. The van der Waals surface area contributed by atoms with Crippen molar-refractivity contribution in [3.8, 4) is 0 Å². The molecule has 0 bridgehead atoms. The molecule has 2 fully saturated rings. The molecule has 0 aromatic rings. The normalized spacial score (nSPS) is 32.4. The standard InChI is InChI=1S/C13H24N2O2/c1-15-8-6-10(7-9-15)13(17)14-11-2-4-12(16)5-3-11/h10-12,16H,2-9H2,1H3,(H,14,17). The van der Waals surface area contributed by atoms with Crippen molar-refractivity contribution in [2.24, 2.45) is 5.92 Å². The fourth-order valence-corrected chi connectivity index (χ4v) is 2.81. The Morgan fingerprint density at radius 1 is 1.12 bits per heavy atom. The molecule has 4 nitrogen and oxygen atoms in total. The highest BCUT2D eigenvalue weighted by molar-refractivity contribution is 5.79. The number of piperidine rings is 1. The highest BCUT2D eigenvalue weighted by Crippen LogP contribution is 2.21. The van der Waals surface area contributed by atoms with E-state index in [2.05, 4.69) is 17.3 Å². The van der Waals surface area contributed by atoms with Crippen LogP contribution in [0.25, 0.3) is 0 Å². The van der Waals surface area contributed by atoms with E-state index in [1.807, 2.05) is 0 Å². The minimum Gasteiger partial charge on any atom is -0.393 e. The van der Waals surface area contributed by atoms with Gasteiger partial charge in [0.1, 0.15) is 0 Å². The van der Waals surface area contributed by atoms with E-state index < -0.39 is 0 Å². The van der Waals surface area contributed by atoms with Crippen LogP contribution in [-0.4, -0.2) is 48.2 Å². The van der Waals surface area contributed by atoms with Crippen molar-refractivity contribution in [3.05, 3.63) is 0 Å². The summed E-state index contributed by atoms with van der Waals surface area (Å²) >= 11 is 0. The number of aliphatic hydroxyl groups excluding tert-OH is 1. The third kappa shape index (κ3) is 3.68. The predicted octanol–water partition coefficient (Wildman–Crippen LogP) is 0.748. The number of aliphatic hydroxyl groups is 1. The maximum Gasteiger partial charge on any atom is 0.223 e. The lowest BCUT2D eigenvalue weighted by atomic mass is 9.91. The average molecular weight is 240 g/mol. The van der Waals surface area contributed by atoms with Gasteiger partial charge in [-0.1, -0.05) is 0 Å². The van der Waals surface area contributed by atoms with E-state index in [4.69, 9.17) is 0 Å². The van der Waals surface area contributed by atoms with E-state index in [-0.39, 0.29) is 17.9 Å². The van der Waals surface area contributed by atoms with Crippen LogP contribution in [0.1, 0.15) is 38.5 Å². The summed E-state index contributed by atoms with van der Waals surface area (Å²) in [4.78, 5) is 14.3. The molecule has 1 amide bonds. The number of nitrogens with zero attached hydrogens (tertiary/aromatic N) is 1. The first-order valence-corrected chi connectivity index (χ1v) is 6.82. The zero-order chi connectivity index (χ0) is 12.3. The van der Waals surface area contributed by atoms with Gasteiger partial charge in [0, 0.05) is 12.0 Å². The van der Waals surface area contributed by atoms with Crippen molar-refractivity contribution in [1.82, 2.24) is 10.2 Å². The van der Waals surface area contributed by atoms with Gasteiger partial charge in [0.25, 0.3) is 0 Å². The van der Waals surface area contributed by atoms with Gasteiger partial charge in [-0.15, -0.1) is 0 Å². The van der Waals surface area contributed by atoms with Gasteiger partial charge in [0.05, 0.1) is 6.10 Å². The summed E-state index contributed by atoms with van der Waals surface area (Å²) < 4.78 is 0. The largest absolute Gasteiger partial charge is 0.393 e. The highest BCUT2D eigenvalue weighted by atomic mass is 16.3. The fraction of sp³-hybridized carbons (Fsp3) is 0.923. The molecule has 1 heterocycles. The van der Waals surface area contributed by atoms with Crippen LogP contribution in [0.15, 0.2) is 0 Å². The Labute approximate surface area is 103 Å². The van der Waals surface area contributed by atoms with Crippen LogP contribution >= 0.6 is 0 Å². The lowest BCUT2D eigenvalue weighted by molar-refractivity contribution is -0.127. The molecule has 4 heteroatoms. The van der Waals surface area contributed by atoms with Gasteiger partial charge >= 0.3 is 0 Å². The second kappa shape index (κ2) is 5.83. The number of carbonyl (C=O) groups excluding carboxylic acids is 1. The molecule has 0 aromatic heterocycles. The topological polar surface area (TPSA) is 52.6 Å². The molecule has 2 aliphatic rings. The molecule has 0 radical (unpaired) electrons. The van der Waals surface area contributed by atoms with Crippen molar-refractivity contribution in [2.45, 2.75) is 50.7 Å². The Morgan fingerprint density at radius 2 is 1.71 bits per heavy atom. The number of likely N-dealkylation sites (tertiary alicyclic amines) is 1. The zero-order valence-electron chi connectivity index (χ0n) is 10.7. The van der Waals surface area contributed by atoms with Crippen molar-refractivity contribution in [2.75, 3.05) is 20.1 Å². The molecule has 17 heavy (non-hydrogen) atoms. The lowest BCUT2D eigenvalue weighted by Crippen LogP contribution is -2.44. The smallest absolute Gasteiger partial charge is 0.223 e. The molecule has 1 aliphatic carbocycles. The van der Waals surface area contributed by atoms with Gasteiger partial charge in [-0.25, -0.2) is 0 Å². The van der Waals surface area contributed by atoms with Crippen LogP contribution < -0.4 is 5.32 Å². The van der Waals surface area contributed by atoms with Gasteiger partial charge in [0.15, 0.2) is 0 Å². The summed E-state index contributed by atoms with van der Waals surface area (Å²) in [6.07, 6.45) is 5.34. The van der Waals surface area contributed by atoms with Crippen LogP contribution in [0, 0.1) is 5.92 Å². The van der Waals surface area contributed by atoms with Crippen LogP contribution in [0.5, 0.6) is 0 Å². The molecule has 98 valence electrons. The van der Waals surface area contributed by atoms with E-state index in [0.29, 0.717) is 6.04 Å². The number of hydrogen-bond acceptors (Lipinski definition) is 3. The first-order chi connectivity index (χ1) is 8.15. The van der Waals surface area contributed by atoms with Crippen molar-refractivity contribution in [1.29, 1.82) is 0 Å². The van der Waals surface area contributed by atoms with Crippen LogP contribution in [-0.2, 0) is 4.79 Å². The van der Waals surface area contributed by atoms with Crippen molar-refractivity contribution < 1.29 is 9.90 Å². The number of carbonyl (C=O) groups is 1. The summed E-state index contributed by atoms with van der Waals surface area (Å²) in [7, 11) is 2.11. The Bertz CT molecular complexity index is 254. The number of nitrogens with one attached hydrogen (secondary N) is 1. The maximum absolute atomic E-state index is 12.1. The highest BCUT2D eigenvalue weighted by Gasteiger charge is 2.26. The third-order valence-electron chi connectivity index (χ3n) is 4.13. The van der Waals surface area contributed by atoms with E-state index in [1.165, 1.54) is 0 Å². The van der Waals surface area contributed by atoms with Crippen molar-refractivity contribution in [3.63, 3.8) is 0 Å². The van der Waals surface area contributed by atoms with Crippen LogP contribution in [0.4, 0.5) is 0 Å². The fourth-order valence-electron chi connectivity index (χ4n) is 2.81. The second-order valence-corrected chi connectivity index (χ2v) is 5.59. The number of hydrogen-bond donors (Lipinski definition) is 2. The Balaban J connectivity index is 1.73. The predicted molar refractivity (Wildman–Crippen MR) is 66.6 cm³/mol. The molecule has 0 unspecified atom stereocenters. The number of amides is 1. The zero-order valence-corrected chi connectivity index (χ0v) is 10.7. The lowest BCUT2D eigenvalue weighted by Gasteiger charge is -2.31. The monoisotopic (exact) mass is 240 g/mol. The summed E-state index contributed by atoms with van der Waals surface area (Å²) in [5.41, 5.74) is 0. The molecule has 1 saturated carbocycles. The molecular weight excluding hydrogens is 216 g/mol. The van der Waals surface area contributed by atoms with E-state index >= 15 is 0 Å². The summed E-state index contributed by atoms with van der Waals surface area (Å²) in [5, 5.41) is 12.6. The maximum atomic E-state index is 12.1. The molecule has 1 aliphatic heterocycles. The van der Waals surface area contributed by atoms with Gasteiger partial charge in [-0.2, -0.15) is 0 Å². The Morgan fingerprint density at radius 3 is 2.29 bits per heavy atom. The summed E-state index contributed by atoms with van der Waals surface area (Å²) in [6, 6.07) is 0.297. The summed E-state index contributed by atoms with van der Waals surface area (Å²) in [6.45, 7) is 2.06. The first kappa shape index (κ1) is 12.8. The minimum absolute atomic E-state index is 0.147. The second-order valence-electron chi connectivity index (χ2n) is 5.59. The molecular formula is C13H24N2O2. The van der Waals surface area contributed by atoms with Crippen LogP contribution in [0.3, 0.4) is 0 Å². The van der Waals surface area contributed by atoms with Gasteiger partial charge < -0.3 is 15.3 Å². The molecule has 0 atom stereocenters. The Hall–Kier alpha value is -0.610. The SMILES string of the molecule is CN1CCC(C(=O)NC2CCC(O)CC2)CC1. The van der Waals surface area contributed by atoms with Gasteiger partial charge in [-0.3, -0.25) is 4.79 Å². The number of rotatable bonds is 2. The van der Waals surface area contributed by atoms with Crippen molar-refractivity contribution >= 4 is 5.91 Å². The van der Waals surface area contributed by atoms with Crippen LogP contribution in [0.2, 0.25) is 0 Å². The average Bonchev–Trinajstić information content (AvgIpc) is 2.33. The Kier molecular flexibility index (Phi) is 4.40. The minimum atomic E-state index is -0.147. The van der Waals surface area contributed by atoms with E-state index in [1.54, 1.807) is 0 Å².